The minimum absolute atomic E-state index is 0.713. The molecule has 5 aliphatic rings. The Balaban J connectivity index is 1.90. The average Bonchev–Trinajstić information content (AvgIpc) is 3.03. The minimum Gasteiger partial charge on any atom is -0.0770 e. The lowest BCUT2D eigenvalue weighted by Gasteiger charge is -2.25. The summed E-state index contributed by atoms with van der Waals surface area (Å²) in [5, 5.41) is 0. The summed E-state index contributed by atoms with van der Waals surface area (Å²) in [6.45, 7) is 0. The van der Waals surface area contributed by atoms with Crippen LogP contribution in [0.15, 0.2) is 69.4 Å². The highest BCUT2D eigenvalue weighted by Gasteiger charge is 2.41. The zero-order valence-electron chi connectivity index (χ0n) is 9.79. The highest BCUT2D eigenvalue weighted by Crippen LogP contribution is 2.58. The normalized spacial score (nSPS) is 31.5. The summed E-state index contributed by atoms with van der Waals surface area (Å²) in [7, 11) is 0. The molecule has 0 aromatic rings. The summed E-state index contributed by atoms with van der Waals surface area (Å²) < 4.78 is 0. The van der Waals surface area contributed by atoms with Crippen molar-refractivity contribution in [2.24, 2.45) is 5.92 Å². The molecule has 0 saturated heterocycles. The molecule has 1 atom stereocenters. The number of fused-ring (bicyclic) bond motifs is 5. The van der Waals surface area contributed by atoms with Gasteiger partial charge >= 0.3 is 0 Å². The van der Waals surface area contributed by atoms with E-state index in [2.05, 4.69) is 30.4 Å². The molecule has 0 spiro atoms. The van der Waals surface area contributed by atoms with Crippen LogP contribution in [0.2, 0.25) is 0 Å². The van der Waals surface area contributed by atoms with Gasteiger partial charge in [-0.1, -0.05) is 30.4 Å². The van der Waals surface area contributed by atoms with Gasteiger partial charge in [0.25, 0.3) is 0 Å². The first-order valence-corrected chi connectivity index (χ1v) is 6.71. The van der Waals surface area contributed by atoms with Crippen molar-refractivity contribution in [1.29, 1.82) is 0 Å². The van der Waals surface area contributed by atoms with Crippen LogP contribution in [0.3, 0.4) is 0 Å². The van der Waals surface area contributed by atoms with Crippen LogP contribution in [0.5, 0.6) is 0 Å². The molecular weight excluding hydrogens is 204 g/mol. The Morgan fingerprint density at radius 2 is 1.94 bits per heavy atom. The fraction of sp³-hybridized carbons (Fsp3) is 0.294. The Labute approximate surface area is 101 Å². The maximum absolute atomic E-state index is 2.41. The van der Waals surface area contributed by atoms with E-state index in [-0.39, 0.29) is 0 Å². The van der Waals surface area contributed by atoms with E-state index in [0.717, 1.165) is 0 Å². The topological polar surface area (TPSA) is 0 Å². The molecule has 0 aliphatic heterocycles. The van der Waals surface area contributed by atoms with Crippen molar-refractivity contribution in [3.63, 3.8) is 0 Å². The van der Waals surface area contributed by atoms with Gasteiger partial charge in [0, 0.05) is 5.92 Å². The molecular formula is C17H14. The predicted octanol–water partition coefficient (Wildman–Crippen LogP) is 4.16. The third-order valence-corrected chi connectivity index (χ3v) is 4.86. The van der Waals surface area contributed by atoms with Gasteiger partial charge in [0.15, 0.2) is 0 Å². The van der Waals surface area contributed by atoms with Gasteiger partial charge in [0.1, 0.15) is 0 Å². The van der Waals surface area contributed by atoms with Gasteiger partial charge in [-0.3, -0.25) is 0 Å². The summed E-state index contributed by atoms with van der Waals surface area (Å²) in [4.78, 5) is 0. The average molecular weight is 218 g/mol. The molecule has 0 nitrogen and oxygen atoms in total. The SMILES string of the molecule is C1=CC2CCCC3=C2C(=C1)C1=C2C=CC(=C31)C2. The molecule has 82 valence electrons. The first-order chi connectivity index (χ1) is 8.43. The van der Waals surface area contributed by atoms with Crippen LogP contribution in [-0.2, 0) is 0 Å². The number of rotatable bonds is 0. The molecule has 0 aromatic heterocycles. The molecule has 5 aliphatic carbocycles. The third-order valence-electron chi connectivity index (χ3n) is 4.86. The third kappa shape index (κ3) is 0.845. The van der Waals surface area contributed by atoms with Crippen molar-refractivity contribution in [1.82, 2.24) is 0 Å². The van der Waals surface area contributed by atoms with E-state index < -0.39 is 0 Å². The summed E-state index contributed by atoms with van der Waals surface area (Å²) in [6.07, 6.45) is 16.9. The maximum Gasteiger partial charge on any atom is 0.00303 e. The van der Waals surface area contributed by atoms with E-state index in [4.69, 9.17) is 0 Å². The summed E-state index contributed by atoms with van der Waals surface area (Å²) in [6, 6.07) is 0. The summed E-state index contributed by atoms with van der Waals surface area (Å²) in [5.41, 5.74) is 11.3. The van der Waals surface area contributed by atoms with E-state index in [0.29, 0.717) is 5.92 Å². The molecule has 0 N–H and O–H groups in total. The Hall–Kier alpha value is -1.56. The summed E-state index contributed by atoms with van der Waals surface area (Å²) in [5.74, 6) is 0.713. The van der Waals surface area contributed by atoms with Gasteiger partial charge in [0.05, 0.1) is 0 Å². The van der Waals surface area contributed by atoms with Crippen molar-refractivity contribution in [3.8, 4) is 0 Å². The second kappa shape index (κ2) is 2.64. The van der Waals surface area contributed by atoms with E-state index in [1.165, 1.54) is 25.7 Å². The van der Waals surface area contributed by atoms with Crippen molar-refractivity contribution in [2.75, 3.05) is 0 Å². The fourth-order valence-corrected chi connectivity index (χ4v) is 4.25. The molecule has 17 heavy (non-hydrogen) atoms. The second-order valence-corrected chi connectivity index (χ2v) is 5.67. The van der Waals surface area contributed by atoms with Gasteiger partial charge in [-0.15, -0.1) is 0 Å². The first kappa shape index (κ1) is 8.52. The van der Waals surface area contributed by atoms with Crippen LogP contribution >= 0.6 is 0 Å². The fourth-order valence-electron chi connectivity index (χ4n) is 4.25. The molecule has 0 amide bonds. The van der Waals surface area contributed by atoms with Crippen LogP contribution < -0.4 is 0 Å². The lowest BCUT2D eigenvalue weighted by molar-refractivity contribution is 0.593. The maximum atomic E-state index is 2.41. The lowest BCUT2D eigenvalue weighted by Crippen LogP contribution is -2.10. The Bertz CT molecular complexity index is 642. The first-order valence-electron chi connectivity index (χ1n) is 6.71. The number of hydrogen-bond donors (Lipinski definition) is 0. The van der Waals surface area contributed by atoms with Crippen molar-refractivity contribution >= 4 is 0 Å². The number of hydrogen-bond acceptors (Lipinski definition) is 0. The Kier molecular flexibility index (Phi) is 1.32. The zero-order chi connectivity index (χ0) is 11.0. The molecule has 0 saturated carbocycles. The van der Waals surface area contributed by atoms with Gasteiger partial charge in [-0.05, 0) is 64.7 Å². The smallest absolute Gasteiger partial charge is 0.00303 e. The predicted molar refractivity (Wildman–Crippen MR) is 69.4 cm³/mol. The molecule has 0 fully saturated rings. The Morgan fingerprint density at radius 1 is 1.06 bits per heavy atom. The van der Waals surface area contributed by atoms with E-state index in [1.807, 2.05) is 0 Å². The number of allylic oxidation sites excluding steroid dienone is 12. The molecule has 0 aromatic carbocycles. The van der Waals surface area contributed by atoms with E-state index in [1.54, 1.807) is 39.0 Å². The van der Waals surface area contributed by atoms with Crippen LogP contribution in [0.25, 0.3) is 0 Å². The molecule has 0 heterocycles. The molecule has 2 bridgehead atoms. The van der Waals surface area contributed by atoms with E-state index in [9.17, 15) is 0 Å². The summed E-state index contributed by atoms with van der Waals surface area (Å²) >= 11 is 0. The van der Waals surface area contributed by atoms with E-state index >= 15 is 0 Å². The monoisotopic (exact) mass is 218 g/mol. The van der Waals surface area contributed by atoms with Crippen molar-refractivity contribution < 1.29 is 0 Å². The molecule has 5 rings (SSSR count). The van der Waals surface area contributed by atoms with Gasteiger partial charge < -0.3 is 0 Å². The van der Waals surface area contributed by atoms with Crippen LogP contribution in [-0.4, -0.2) is 0 Å². The molecule has 1 unspecified atom stereocenters. The van der Waals surface area contributed by atoms with Crippen molar-refractivity contribution in [2.45, 2.75) is 25.7 Å². The Morgan fingerprint density at radius 3 is 2.88 bits per heavy atom. The standard InChI is InChI=1S/C17H14/c1-3-10-4-2-6-14-15(10)13(5-1)16-11-7-8-12(9-11)17(14)16/h1,3,5,7-8,10H,2,4,6,9H2. The van der Waals surface area contributed by atoms with Crippen LogP contribution in [0.4, 0.5) is 0 Å². The van der Waals surface area contributed by atoms with Crippen LogP contribution in [0.1, 0.15) is 25.7 Å². The largest absolute Gasteiger partial charge is 0.0770 e. The second-order valence-electron chi connectivity index (χ2n) is 5.67. The highest BCUT2D eigenvalue weighted by atomic mass is 14.4. The molecule has 0 heteroatoms. The molecule has 0 radical (unpaired) electrons. The zero-order valence-corrected chi connectivity index (χ0v) is 9.79. The van der Waals surface area contributed by atoms with Gasteiger partial charge in [-0.25, -0.2) is 0 Å². The lowest BCUT2D eigenvalue weighted by atomic mass is 9.79. The minimum atomic E-state index is 0.713. The highest BCUT2D eigenvalue weighted by molar-refractivity contribution is 5.83. The van der Waals surface area contributed by atoms with Gasteiger partial charge in [-0.2, -0.15) is 0 Å². The quantitative estimate of drug-likeness (QED) is 0.572. The van der Waals surface area contributed by atoms with Crippen LogP contribution in [0, 0.1) is 5.92 Å². The van der Waals surface area contributed by atoms with Gasteiger partial charge in [0.2, 0.25) is 0 Å². The van der Waals surface area contributed by atoms with Crippen molar-refractivity contribution in [3.05, 3.63) is 69.4 Å².